The van der Waals surface area contributed by atoms with E-state index in [1.54, 1.807) is 0 Å². The summed E-state index contributed by atoms with van der Waals surface area (Å²) in [6.07, 6.45) is 5.19. The van der Waals surface area contributed by atoms with Crippen LogP contribution in [0.15, 0.2) is 35.3 Å². The predicted octanol–water partition coefficient (Wildman–Crippen LogP) is 3.92. The predicted molar refractivity (Wildman–Crippen MR) is 107 cm³/mol. The van der Waals surface area contributed by atoms with Crippen molar-refractivity contribution in [2.75, 3.05) is 44.6 Å². The largest absolute Gasteiger partial charge is 0.343 e. The van der Waals surface area contributed by atoms with E-state index >= 15 is 0 Å². The summed E-state index contributed by atoms with van der Waals surface area (Å²) >= 11 is 0. The molecule has 1 N–H and O–H groups in total. The zero-order valence-electron chi connectivity index (χ0n) is 16.0. The molecule has 2 fully saturated rings. The molecule has 2 saturated heterocycles. The maximum absolute atomic E-state index is 5.04. The summed E-state index contributed by atoms with van der Waals surface area (Å²) in [7, 11) is 0. The smallest absolute Gasteiger partial charge is 0.198 e. The van der Waals surface area contributed by atoms with Crippen LogP contribution in [-0.2, 0) is 0 Å². The van der Waals surface area contributed by atoms with E-state index in [0.29, 0.717) is 5.92 Å². The van der Waals surface area contributed by atoms with Gasteiger partial charge in [0.25, 0.3) is 0 Å². The van der Waals surface area contributed by atoms with Crippen molar-refractivity contribution < 1.29 is 0 Å². The first kappa shape index (κ1) is 18.2. The third-order valence-corrected chi connectivity index (χ3v) is 5.18. The maximum Gasteiger partial charge on any atom is 0.198 e. The summed E-state index contributed by atoms with van der Waals surface area (Å²) in [6.45, 7) is 11.5. The number of nitrogens with one attached hydrogen (secondary N) is 1. The zero-order valence-corrected chi connectivity index (χ0v) is 16.0. The molecular formula is C21H34N4. The first-order valence-corrected chi connectivity index (χ1v) is 10.0. The van der Waals surface area contributed by atoms with Crippen LogP contribution in [0.2, 0.25) is 0 Å². The minimum Gasteiger partial charge on any atom is -0.343 e. The molecule has 2 heterocycles. The summed E-state index contributed by atoms with van der Waals surface area (Å²) in [5.41, 5.74) is 1.14. The topological polar surface area (TPSA) is 30.9 Å². The van der Waals surface area contributed by atoms with E-state index in [9.17, 15) is 0 Å². The molecular weight excluding hydrogens is 308 g/mol. The monoisotopic (exact) mass is 342 g/mol. The highest BCUT2D eigenvalue weighted by Gasteiger charge is 2.23. The average Bonchev–Trinajstić information content (AvgIpc) is 3.07. The van der Waals surface area contributed by atoms with E-state index in [-0.39, 0.29) is 0 Å². The number of guanidine groups is 1. The van der Waals surface area contributed by atoms with Crippen LogP contribution in [0.25, 0.3) is 0 Å². The summed E-state index contributed by atoms with van der Waals surface area (Å²) in [5.74, 6) is 2.54. The Morgan fingerprint density at radius 1 is 1.12 bits per heavy atom. The van der Waals surface area contributed by atoms with Crippen molar-refractivity contribution >= 4 is 11.6 Å². The molecule has 4 nitrogen and oxygen atoms in total. The first-order valence-electron chi connectivity index (χ1n) is 10.0. The molecule has 4 heteroatoms. The van der Waals surface area contributed by atoms with E-state index < -0.39 is 0 Å². The Morgan fingerprint density at radius 3 is 2.60 bits per heavy atom. The van der Waals surface area contributed by atoms with Crippen LogP contribution >= 0.6 is 0 Å². The number of anilines is 1. The van der Waals surface area contributed by atoms with Gasteiger partial charge in [-0.25, -0.2) is 0 Å². The van der Waals surface area contributed by atoms with Gasteiger partial charge in [-0.3, -0.25) is 4.99 Å². The van der Waals surface area contributed by atoms with Crippen LogP contribution in [0, 0.1) is 11.8 Å². The standard InChI is InChI=1S/C21H34N4/c1-18(2)16-24-14-11-19(17-24)15-22-21(25-12-7-4-8-13-25)23-20-9-5-3-6-10-20/h3,5-6,9-10,18-19H,4,7-8,11-17H2,1-2H3,(H,22,23). The van der Waals surface area contributed by atoms with Gasteiger partial charge in [0.05, 0.1) is 0 Å². The van der Waals surface area contributed by atoms with Gasteiger partial charge in [-0.15, -0.1) is 0 Å². The normalized spacial score (nSPS) is 22.6. The number of hydrogen-bond donors (Lipinski definition) is 1. The van der Waals surface area contributed by atoms with E-state index in [2.05, 4.69) is 59.3 Å². The highest BCUT2D eigenvalue weighted by Crippen LogP contribution is 2.19. The average molecular weight is 343 g/mol. The van der Waals surface area contributed by atoms with Crippen molar-refractivity contribution in [3.05, 3.63) is 30.3 Å². The van der Waals surface area contributed by atoms with Crippen LogP contribution in [0.1, 0.15) is 39.5 Å². The van der Waals surface area contributed by atoms with Gasteiger partial charge in [0.1, 0.15) is 0 Å². The van der Waals surface area contributed by atoms with Crippen LogP contribution < -0.4 is 5.32 Å². The van der Waals surface area contributed by atoms with Crippen LogP contribution in [-0.4, -0.2) is 55.0 Å². The lowest BCUT2D eigenvalue weighted by Gasteiger charge is -2.30. The molecule has 1 aromatic rings. The van der Waals surface area contributed by atoms with Crippen LogP contribution in [0.4, 0.5) is 5.69 Å². The first-order chi connectivity index (χ1) is 12.2. The molecule has 0 radical (unpaired) electrons. The van der Waals surface area contributed by atoms with Crippen LogP contribution in [0.3, 0.4) is 0 Å². The minimum atomic E-state index is 0.705. The molecule has 2 aliphatic rings. The fraction of sp³-hybridized carbons (Fsp3) is 0.667. The number of benzene rings is 1. The van der Waals surface area contributed by atoms with Gasteiger partial charge in [0.15, 0.2) is 5.96 Å². The van der Waals surface area contributed by atoms with Crippen molar-refractivity contribution in [3.63, 3.8) is 0 Å². The fourth-order valence-corrected chi connectivity index (χ4v) is 3.93. The van der Waals surface area contributed by atoms with Crippen molar-refractivity contribution in [3.8, 4) is 0 Å². The summed E-state index contributed by atoms with van der Waals surface area (Å²) < 4.78 is 0. The Morgan fingerprint density at radius 2 is 1.88 bits per heavy atom. The number of rotatable bonds is 5. The second-order valence-corrected chi connectivity index (χ2v) is 8.01. The quantitative estimate of drug-likeness (QED) is 0.650. The molecule has 25 heavy (non-hydrogen) atoms. The van der Waals surface area contributed by atoms with Crippen molar-refractivity contribution in [1.82, 2.24) is 9.80 Å². The highest BCUT2D eigenvalue weighted by atomic mass is 15.3. The molecule has 1 aromatic carbocycles. The lowest BCUT2D eigenvalue weighted by Crippen LogP contribution is -2.40. The minimum absolute atomic E-state index is 0.705. The van der Waals surface area contributed by atoms with Crippen molar-refractivity contribution in [1.29, 1.82) is 0 Å². The number of piperidine rings is 1. The van der Waals surface area contributed by atoms with E-state index in [1.807, 2.05) is 0 Å². The van der Waals surface area contributed by atoms with Gasteiger partial charge < -0.3 is 15.1 Å². The Kier molecular flexibility index (Phi) is 6.74. The second-order valence-electron chi connectivity index (χ2n) is 8.01. The van der Waals surface area contributed by atoms with Crippen LogP contribution in [0.5, 0.6) is 0 Å². The number of likely N-dealkylation sites (tertiary alicyclic amines) is 2. The van der Waals surface area contributed by atoms with Gasteiger partial charge in [-0.1, -0.05) is 32.0 Å². The molecule has 0 aliphatic carbocycles. The molecule has 0 aromatic heterocycles. The molecule has 3 rings (SSSR count). The van der Waals surface area contributed by atoms with Gasteiger partial charge in [-0.05, 0) is 56.2 Å². The molecule has 2 aliphatic heterocycles. The Labute approximate surface area is 153 Å². The second kappa shape index (κ2) is 9.23. The Balaban J connectivity index is 1.61. The van der Waals surface area contributed by atoms with Gasteiger partial charge in [0.2, 0.25) is 0 Å². The molecule has 0 amide bonds. The fourth-order valence-electron chi connectivity index (χ4n) is 3.93. The van der Waals surface area contributed by atoms with E-state index in [0.717, 1.165) is 37.2 Å². The number of hydrogen-bond acceptors (Lipinski definition) is 2. The SMILES string of the molecule is CC(C)CN1CCC(CN=C(Nc2ccccc2)N2CCCCC2)C1. The molecule has 0 saturated carbocycles. The van der Waals surface area contributed by atoms with E-state index in [1.165, 1.54) is 45.3 Å². The molecule has 0 spiro atoms. The lowest BCUT2D eigenvalue weighted by atomic mass is 10.1. The number of aliphatic imine (C=N–C) groups is 1. The maximum atomic E-state index is 5.04. The third kappa shape index (κ3) is 5.74. The number of para-hydroxylation sites is 1. The van der Waals surface area contributed by atoms with E-state index in [4.69, 9.17) is 4.99 Å². The molecule has 0 bridgehead atoms. The van der Waals surface area contributed by atoms with Crippen molar-refractivity contribution in [2.45, 2.75) is 39.5 Å². The van der Waals surface area contributed by atoms with Gasteiger partial charge in [0, 0.05) is 38.4 Å². The summed E-state index contributed by atoms with van der Waals surface area (Å²) in [6, 6.07) is 10.5. The van der Waals surface area contributed by atoms with Gasteiger partial charge >= 0.3 is 0 Å². The Bertz CT molecular complexity index is 534. The summed E-state index contributed by atoms with van der Waals surface area (Å²) in [4.78, 5) is 10.1. The highest BCUT2D eigenvalue weighted by molar-refractivity contribution is 5.93. The molecule has 1 atom stereocenters. The Hall–Kier alpha value is -1.55. The third-order valence-electron chi connectivity index (χ3n) is 5.18. The lowest BCUT2D eigenvalue weighted by molar-refractivity contribution is 0.288. The molecule has 1 unspecified atom stereocenters. The molecule has 138 valence electrons. The zero-order chi connectivity index (χ0) is 17.5. The summed E-state index contributed by atoms with van der Waals surface area (Å²) in [5, 5.41) is 3.58. The van der Waals surface area contributed by atoms with Crippen molar-refractivity contribution in [2.24, 2.45) is 16.8 Å². The van der Waals surface area contributed by atoms with Gasteiger partial charge in [-0.2, -0.15) is 0 Å². The number of nitrogens with zero attached hydrogens (tertiary/aromatic N) is 3.